The second-order valence-corrected chi connectivity index (χ2v) is 16.0. The van der Waals surface area contributed by atoms with Crippen LogP contribution in [0.1, 0.15) is 65.3 Å². The van der Waals surface area contributed by atoms with Crippen LogP contribution in [0, 0.1) is 5.82 Å². The molecule has 1 atom stereocenters. The standard InChI is InChI=1S/C45H44ClFN8O7/c1-3-35(58)53-18-20-54(21-19-53)41-31-24-32(46)38(30-23-27(56)22-26-8-4-5-11-28(26)30)39(47)40(31)50-45(51-41)48-16-15-36(59)52(2)17-7-10-25-9-6-12-29-37(25)44(62)55(43(29)61)33-13-14-34(57)49-42(33)60/h4-6,8-9,11-12,22-24,33,56H,3,7,10,13-21H2,1-2H3,(H,48,50,51)(H,49,57,60). The number of anilines is 2. The average Bonchev–Trinajstić information content (AvgIpc) is 3.52. The van der Waals surface area contributed by atoms with Gasteiger partial charge in [0.15, 0.2) is 5.82 Å². The first-order valence-electron chi connectivity index (χ1n) is 20.6. The van der Waals surface area contributed by atoms with Gasteiger partial charge in [-0.15, -0.1) is 0 Å². The summed E-state index contributed by atoms with van der Waals surface area (Å²) in [5.41, 5.74) is 1.51. The van der Waals surface area contributed by atoms with E-state index in [4.69, 9.17) is 16.6 Å². The summed E-state index contributed by atoms with van der Waals surface area (Å²) < 4.78 is 17.0. The van der Waals surface area contributed by atoms with Crippen molar-refractivity contribution in [2.75, 3.05) is 56.5 Å². The molecule has 17 heteroatoms. The Hall–Kier alpha value is -6.68. The van der Waals surface area contributed by atoms with Crippen molar-refractivity contribution < 1.29 is 38.3 Å². The predicted octanol–water partition coefficient (Wildman–Crippen LogP) is 5.30. The fraction of sp³-hybridized carbons (Fsp3) is 0.333. The summed E-state index contributed by atoms with van der Waals surface area (Å²) >= 11 is 6.87. The van der Waals surface area contributed by atoms with Crippen molar-refractivity contribution in [3.05, 3.63) is 88.2 Å². The molecule has 62 heavy (non-hydrogen) atoms. The van der Waals surface area contributed by atoms with Crippen molar-refractivity contribution >= 4 is 80.5 Å². The van der Waals surface area contributed by atoms with E-state index in [0.29, 0.717) is 85.1 Å². The smallest absolute Gasteiger partial charge is 0.262 e. The predicted molar refractivity (Wildman–Crippen MR) is 230 cm³/mol. The van der Waals surface area contributed by atoms with Gasteiger partial charge in [-0.05, 0) is 65.4 Å². The molecule has 5 aromatic rings. The summed E-state index contributed by atoms with van der Waals surface area (Å²) in [6.45, 7) is 4.05. The molecule has 2 saturated heterocycles. The van der Waals surface area contributed by atoms with Crippen molar-refractivity contribution in [3.8, 4) is 16.9 Å². The monoisotopic (exact) mass is 862 g/mol. The Balaban J connectivity index is 0.973. The Kier molecular flexibility index (Phi) is 11.8. The number of phenols is 1. The molecule has 6 amide bonds. The highest BCUT2D eigenvalue weighted by Crippen LogP contribution is 2.42. The SMILES string of the molecule is CCC(=O)N1CCN(c2nc(NCCC(=O)N(C)CCCc3cccc4c3C(=O)N(C3CCC(=O)NC3=O)C4=O)nc3c(F)c(-c4cc(O)cc5ccccc45)c(Cl)cc23)CC1. The summed E-state index contributed by atoms with van der Waals surface area (Å²) in [5.74, 6) is -2.68. The number of phenolic OH excluding ortho intramolecular Hbond substituents is 1. The number of piperazine rings is 1. The molecule has 0 aliphatic carbocycles. The number of halogens is 2. The van der Waals surface area contributed by atoms with Gasteiger partial charge in [0, 0.05) is 76.5 Å². The van der Waals surface area contributed by atoms with Crippen LogP contribution >= 0.6 is 11.6 Å². The number of aromatic hydroxyl groups is 1. The zero-order valence-corrected chi connectivity index (χ0v) is 34.9. The molecule has 1 unspecified atom stereocenters. The van der Waals surface area contributed by atoms with Crippen LogP contribution < -0.4 is 15.5 Å². The molecule has 0 bridgehead atoms. The fourth-order valence-electron chi connectivity index (χ4n) is 8.54. The maximum Gasteiger partial charge on any atom is 0.262 e. The molecular weight excluding hydrogens is 819 g/mol. The number of hydrogen-bond acceptors (Lipinski definition) is 11. The summed E-state index contributed by atoms with van der Waals surface area (Å²) in [6.07, 6.45) is 1.37. The Morgan fingerprint density at radius 2 is 1.73 bits per heavy atom. The van der Waals surface area contributed by atoms with Gasteiger partial charge in [-0.25, -0.2) is 9.37 Å². The molecule has 3 aliphatic rings. The summed E-state index contributed by atoms with van der Waals surface area (Å²) in [4.78, 5) is 92.4. The number of hydrogen-bond donors (Lipinski definition) is 3. The number of benzene rings is 4. The number of aryl methyl sites for hydroxylation is 1. The molecule has 4 aromatic carbocycles. The molecular formula is C45H44ClFN8O7. The minimum atomic E-state index is -1.06. The molecule has 8 rings (SSSR count). The number of carbonyl (C=O) groups excluding carboxylic acids is 6. The molecule has 1 aromatic heterocycles. The number of imide groups is 2. The fourth-order valence-corrected chi connectivity index (χ4v) is 8.83. The van der Waals surface area contributed by atoms with Gasteiger partial charge in [0.1, 0.15) is 23.1 Å². The molecule has 0 radical (unpaired) electrons. The van der Waals surface area contributed by atoms with E-state index in [1.807, 2.05) is 36.1 Å². The maximum absolute atomic E-state index is 17.0. The first-order chi connectivity index (χ1) is 29.8. The van der Waals surface area contributed by atoms with Crippen LogP contribution in [0.4, 0.5) is 16.2 Å². The highest BCUT2D eigenvalue weighted by atomic mass is 35.5. The Bertz CT molecular complexity index is 2690. The highest BCUT2D eigenvalue weighted by molar-refractivity contribution is 6.35. The molecule has 320 valence electrons. The minimum absolute atomic E-state index is 0.00681. The molecule has 0 spiro atoms. The minimum Gasteiger partial charge on any atom is -0.508 e. The van der Waals surface area contributed by atoms with Crippen LogP contribution in [0.5, 0.6) is 5.75 Å². The number of nitrogens with one attached hydrogen (secondary N) is 2. The van der Waals surface area contributed by atoms with E-state index in [-0.39, 0.29) is 76.5 Å². The van der Waals surface area contributed by atoms with Crippen molar-refractivity contribution in [3.63, 3.8) is 0 Å². The highest BCUT2D eigenvalue weighted by Gasteiger charge is 2.45. The molecule has 4 heterocycles. The van der Waals surface area contributed by atoms with Crippen LogP contribution in [0.3, 0.4) is 0 Å². The van der Waals surface area contributed by atoms with Crippen LogP contribution in [0.25, 0.3) is 32.8 Å². The maximum atomic E-state index is 17.0. The number of piperidine rings is 1. The molecule has 15 nitrogen and oxygen atoms in total. The number of fused-ring (bicyclic) bond motifs is 3. The van der Waals surface area contributed by atoms with E-state index in [9.17, 15) is 33.9 Å². The third-order valence-electron chi connectivity index (χ3n) is 11.8. The molecule has 2 fully saturated rings. The lowest BCUT2D eigenvalue weighted by atomic mass is 9.96. The van der Waals surface area contributed by atoms with Gasteiger partial charge in [0.25, 0.3) is 11.8 Å². The van der Waals surface area contributed by atoms with E-state index in [1.165, 1.54) is 6.07 Å². The number of amides is 6. The van der Waals surface area contributed by atoms with Gasteiger partial charge in [0.2, 0.25) is 29.6 Å². The Morgan fingerprint density at radius 3 is 2.48 bits per heavy atom. The Morgan fingerprint density at radius 1 is 0.952 bits per heavy atom. The van der Waals surface area contributed by atoms with Crippen molar-refractivity contribution in [2.24, 2.45) is 0 Å². The summed E-state index contributed by atoms with van der Waals surface area (Å²) in [5, 5.41) is 17.8. The lowest BCUT2D eigenvalue weighted by Crippen LogP contribution is -2.54. The van der Waals surface area contributed by atoms with Gasteiger partial charge < -0.3 is 25.1 Å². The van der Waals surface area contributed by atoms with Crippen LogP contribution in [-0.2, 0) is 25.6 Å². The van der Waals surface area contributed by atoms with Gasteiger partial charge in [-0.2, -0.15) is 4.98 Å². The zero-order chi connectivity index (χ0) is 43.8. The second-order valence-electron chi connectivity index (χ2n) is 15.6. The van der Waals surface area contributed by atoms with Gasteiger partial charge in [0.05, 0.1) is 16.1 Å². The number of carbonyl (C=O) groups is 6. The van der Waals surface area contributed by atoms with Gasteiger partial charge >= 0.3 is 0 Å². The summed E-state index contributed by atoms with van der Waals surface area (Å²) in [7, 11) is 1.66. The van der Waals surface area contributed by atoms with E-state index in [0.717, 1.165) is 4.90 Å². The number of aromatic nitrogens is 2. The zero-order valence-electron chi connectivity index (χ0n) is 34.2. The average molecular weight is 863 g/mol. The van der Waals surface area contributed by atoms with E-state index < -0.39 is 35.5 Å². The second kappa shape index (κ2) is 17.4. The van der Waals surface area contributed by atoms with E-state index in [1.54, 1.807) is 47.2 Å². The normalized spacial score (nSPS) is 16.6. The quantitative estimate of drug-likeness (QED) is 0.138. The van der Waals surface area contributed by atoms with Crippen LogP contribution in [-0.4, -0.2) is 118 Å². The largest absolute Gasteiger partial charge is 0.508 e. The van der Waals surface area contributed by atoms with E-state index in [2.05, 4.69) is 15.6 Å². The first kappa shape index (κ1) is 42.0. The summed E-state index contributed by atoms with van der Waals surface area (Å²) in [6, 6.07) is 15.9. The molecule has 0 saturated carbocycles. The van der Waals surface area contributed by atoms with Crippen LogP contribution in [0.2, 0.25) is 5.02 Å². The Labute approximate surface area is 360 Å². The van der Waals surface area contributed by atoms with Gasteiger partial charge in [-0.1, -0.05) is 54.9 Å². The van der Waals surface area contributed by atoms with Crippen LogP contribution in [0.15, 0.2) is 60.7 Å². The van der Waals surface area contributed by atoms with Crippen molar-refractivity contribution in [2.45, 2.75) is 51.5 Å². The first-order valence-corrected chi connectivity index (χ1v) is 21.0. The third-order valence-corrected chi connectivity index (χ3v) is 12.1. The number of rotatable bonds is 12. The topological polar surface area (TPSA) is 185 Å². The third kappa shape index (κ3) is 7.97. The van der Waals surface area contributed by atoms with Crippen molar-refractivity contribution in [1.82, 2.24) is 30.0 Å². The molecule has 3 aliphatic heterocycles. The lowest BCUT2D eigenvalue weighted by Gasteiger charge is -2.36. The lowest BCUT2D eigenvalue weighted by molar-refractivity contribution is -0.136. The number of nitrogens with zero attached hydrogens (tertiary/aromatic N) is 6. The van der Waals surface area contributed by atoms with E-state index >= 15 is 4.39 Å². The molecule has 3 N–H and O–H groups in total. The van der Waals surface area contributed by atoms with Crippen molar-refractivity contribution in [1.29, 1.82) is 0 Å². The van der Waals surface area contributed by atoms with Gasteiger partial charge in [-0.3, -0.25) is 39.0 Å².